The van der Waals surface area contributed by atoms with E-state index in [2.05, 4.69) is 25.9 Å². The summed E-state index contributed by atoms with van der Waals surface area (Å²) in [5.74, 6) is 0.635. The highest BCUT2D eigenvalue weighted by atomic mass is 16.3. The van der Waals surface area contributed by atoms with Crippen LogP contribution in [0.3, 0.4) is 0 Å². The average Bonchev–Trinajstić information content (AvgIpc) is 2.48. The molecular formula is C11H18N2O. The molecule has 0 radical (unpaired) electrons. The van der Waals surface area contributed by atoms with Gasteiger partial charge in [0.15, 0.2) is 0 Å². The minimum Gasteiger partial charge on any atom is -0.384 e. The lowest BCUT2D eigenvalue weighted by Gasteiger charge is -2.42. The van der Waals surface area contributed by atoms with Gasteiger partial charge in [0.1, 0.15) is 5.60 Å². The molecule has 0 unspecified atom stereocenters. The molecule has 1 aliphatic rings. The molecule has 3 heteroatoms. The largest absolute Gasteiger partial charge is 0.384 e. The summed E-state index contributed by atoms with van der Waals surface area (Å²) in [4.78, 5) is 0. The summed E-state index contributed by atoms with van der Waals surface area (Å²) in [6, 6.07) is 2.26. The summed E-state index contributed by atoms with van der Waals surface area (Å²) >= 11 is 0. The van der Waals surface area contributed by atoms with Crippen LogP contribution in [0.4, 0.5) is 0 Å². The van der Waals surface area contributed by atoms with Crippen LogP contribution in [-0.2, 0) is 5.60 Å². The smallest absolute Gasteiger partial charge is 0.107 e. The van der Waals surface area contributed by atoms with Gasteiger partial charge in [0, 0.05) is 12.2 Å². The maximum absolute atomic E-state index is 10.3. The molecule has 1 heterocycles. The molecule has 1 aliphatic carbocycles. The molecule has 3 nitrogen and oxygen atoms in total. The van der Waals surface area contributed by atoms with E-state index in [-0.39, 0.29) is 0 Å². The molecular weight excluding hydrogens is 176 g/mol. The van der Waals surface area contributed by atoms with E-state index in [1.54, 1.807) is 6.20 Å². The second kappa shape index (κ2) is 3.09. The first-order valence-electron chi connectivity index (χ1n) is 5.29. The molecule has 0 spiro atoms. The zero-order chi connectivity index (χ0) is 10.3. The molecule has 1 aromatic heterocycles. The third-order valence-electron chi connectivity index (χ3n) is 3.01. The van der Waals surface area contributed by atoms with Crippen molar-refractivity contribution < 1.29 is 5.11 Å². The van der Waals surface area contributed by atoms with Crippen LogP contribution in [0.25, 0.3) is 0 Å². The van der Waals surface area contributed by atoms with E-state index >= 15 is 0 Å². The third-order valence-corrected chi connectivity index (χ3v) is 3.01. The van der Waals surface area contributed by atoms with Gasteiger partial charge in [0.05, 0.1) is 5.69 Å². The van der Waals surface area contributed by atoms with Crippen molar-refractivity contribution in [3.63, 3.8) is 0 Å². The molecule has 0 aromatic carbocycles. The van der Waals surface area contributed by atoms with Gasteiger partial charge in [0.2, 0.25) is 0 Å². The highest BCUT2D eigenvalue weighted by Gasteiger charge is 2.43. The Bertz CT molecular complexity index is 324. The Labute approximate surface area is 84.7 Å². The Morgan fingerprint density at radius 2 is 2.21 bits per heavy atom. The van der Waals surface area contributed by atoms with Gasteiger partial charge in [-0.2, -0.15) is 5.10 Å². The standard InChI is InChI=1S/C11H18N2O/c1-8(2)13-10(4-5-12-13)11(14)6-9(3)7-11/h4-5,8-9,14H,6-7H2,1-3H3. The van der Waals surface area contributed by atoms with Gasteiger partial charge >= 0.3 is 0 Å². The van der Waals surface area contributed by atoms with Crippen LogP contribution in [0.1, 0.15) is 45.3 Å². The molecule has 0 atom stereocenters. The summed E-state index contributed by atoms with van der Waals surface area (Å²) in [6.07, 6.45) is 3.51. The summed E-state index contributed by atoms with van der Waals surface area (Å²) in [5.41, 5.74) is 0.366. The molecule has 1 fully saturated rings. The van der Waals surface area contributed by atoms with Crippen molar-refractivity contribution in [2.24, 2.45) is 5.92 Å². The predicted molar refractivity (Wildman–Crippen MR) is 54.9 cm³/mol. The molecule has 0 amide bonds. The summed E-state index contributed by atoms with van der Waals surface area (Å²) in [6.45, 7) is 6.34. The molecule has 14 heavy (non-hydrogen) atoms. The Morgan fingerprint density at radius 1 is 1.57 bits per heavy atom. The fraction of sp³-hybridized carbons (Fsp3) is 0.727. The molecule has 78 valence electrons. The number of rotatable bonds is 2. The van der Waals surface area contributed by atoms with E-state index in [0.29, 0.717) is 12.0 Å². The zero-order valence-corrected chi connectivity index (χ0v) is 9.07. The quantitative estimate of drug-likeness (QED) is 0.782. The van der Waals surface area contributed by atoms with Crippen molar-refractivity contribution in [2.45, 2.75) is 45.3 Å². The van der Waals surface area contributed by atoms with Crippen molar-refractivity contribution in [1.29, 1.82) is 0 Å². The molecule has 1 aromatic rings. The minimum absolute atomic E-state index is 0.319. The van der Waals surface area contributed by atoms with Crippen LogP contribution >= 0.6 is 0 Å². The lowest BCUT2D eigenvalue weighted by atomic mass is 9.70. The van der Waals surface area contributed by atoms with Crippen LogP contribution in [0, 0.1) is 5.92 Å². The van der Waals surface area contributed by atoms with Gasteiger partial charge in [-0.1, -0.05) is 6.92 Å². The van der Waals surface area contributed by atoms with E-state index in [4.69, 9.17) is 0 Å². The normalized spacial score (nSPS) is 31.9. The first-order chi connectivity index (χ1) is 6.53. The lowest BCUT2D eigenvalue weighted by molar-refractivity contribution is -0.0811. The Morgan fingerprint density at radius 3 is 2.71 bits per heavy atom. The Hall–Kier alpha value is -0.830. The van der Waals surface area contributed by atoms with Crippen LogP contribution in [0.15, 0.2) is 12.3 Å². The van der Waals surface area contributed by atoms with Crippen molar-refractivity contribution in [1.82, 2.24) is 9.78 Å². The number of aromatic nitrogens is 2. The third kappa shape index (κ3) is 1.36. The molecule has 0 saturated heterocycles. The second-order valence-electron chi connectivity index (χ2n) is 4.80. The fourth-order valence-corrected chi connectivity index (χ4v) is 2.40. The summed E-state index contributed by atoms with van der Waals surface area (Å²) < 4.78 is 1.92. The molecule has 2 rings (SSSR count). The van der Waals surface area contributed by atoms with E-state index < -0.39 is 5.60 Å². The number of hydrogen-bond donors (Lipinski definition) is 1. The SMILES string of the molecule is CC1CC(O)(c2ccnn2C(C)C)C1. The minimum atomic E-state index is -0.611. The van der Waals surface area contributed by atoms with Gasteiger partial charge in [-0.3, -0.25) is 4.68 Å². The highest BCUT2D eigenvalue weighted by molar-refractivity contribution is 5.17. The lowest BCUT2D eigenvalue weighted by Crippen LogP contribution is -2.41. The van der Waals surface area contributed by atoms with Gasteiger partial charge in [-0.25, -0.2) is 0 Å². The molecule has 1 saturated carbocycles. The first-order valence-corrected chi connectivity index (χ1v) is 5.29. The van der Waals surface area contributed by atoms with Crippen LogP contribution in [0.2, 0.25) is 0 Å². The maximum Gasteiger partial charge on any atom is 0.107 e. The van der Waals surface area contributed by atoms with Crippen LogP contribution < -0.4 is 0 Å². The number of nitrogens with zero attached hydrogens (tertiary/aromatic N) is 2. The Balaban J connectivity index is 2.28. The molecule has 0 aliphatic heterocycles. The predicted octanol–water partition coefficient (Wildman–Crippen LogP) is 2.08. The summed E-state index contributed by atoms with van der Waals surface area (Å²) in [5, 5.41) is 14.6. The fourth-order valence-electron chi connectivity index (χ4n) is 2.40. The van der Waals surface area contributed by atoms with E-state index in [1.165, 1.54) is 0 Å². The topological polar surface area (TPSA) is 38.1 Å². The van der Waals surface area contributed by atoms with Gasteiger partial charge in [-0.05, 0) is 38.7 Å². The zero-order valence-electron chi connectivity index (χ0n) is 9.07. The molecule has 0 bridgehead atoms. The molecule has 1 N–H and O–H groups in total. The van der Waals surface area contributed by atoms with Crippen molar-refractivity contribution in [3.05, 3.63) is 18.0 Å². The van der Waals surface area contributed by atoms with Gasteiger partial charge in [-0.15, -0.1) is 0 Å². The number of aliphatic hydroxyl groups is 1. The van der Waals surface area contributed by atoms with Crippen molar-refractivity contribution in [3.8, 4) is 0 Å². The number of hydrogen-bond acceptors (Lipinski definition) is 2. The monoisotopic (exact) mass is 194 g/mol. The van der Waals surface area contributed by atoms with Crippen molar-refractivity contribution in [2.75, 3.05) is 0 Å². The highest BCUT2D eigenvalue weighted by Crippen LogP contribution is 2.45. The van der Waals surface area contributed by atoms with E-state index in [9.17, 15) is 5.11 Å². The van der Waals surface area contributed by atoms with E-state index in [1.807, 2.05) is 10.7 Å². The van der Waals surface area contributed by atoms with Crippen LogP contribution in [0.5, 0.6) is 0 Å². The van der Waals surface area contributed by atoms with Crippen LogP contribution in [-0.4, -0.2) is 14.9 Å². The van der Waals surface area contributed by atoms with Gasteiger partial charge in [0.25, 0.3) is 0 Å². The van der Waals surface area contributed by atoms with Gasteiger partial charge < -0.3 is 5.11 Å². The summed E-state index contributed by atoms with van der Waals surface area (Å²) in [7, 11) is 0. The first kappa shape index (κ1) is 9.71. The Kier molecular flexibility index (Phi) is 2.14. The average molecular weight is 194 g/mol. The maximum atomic E-state index is 10.3. The van der Waals surface area contributed by atoms with E-state index in [0.717, 1.165) is 18.5 Å². The van der Waals surface area contributed by atoms with Crippen molar-refractivity contribution >= 4 is 0 Å². The second-order valence-corrected chi connectivity index (χ2v) is 4.80.